The molecule has 1 N–H and O–H groups in total. The summed E-state index contributed by atoms with van der Waals surface area (Å²) in [6.07, 6.45) is 0.400. The Kier molecular flexibility index (Phi) is 9.83. The van der Waals surface area contributed by atoms with Gasteiger partial charge < -0.3 is 14.7 Å². The number of carboxylic acid groups (broad SMARTS) is 1. The molecule has 0 spiro atoms. The first-order chi connectivity index (χ1) is 18.1. The van der Waals surface area contributed by atoms with Crippen molar-refractivity contribution in [3.8, 4) is 11.1 Å². The normalized spacial score (nSPS) is 12.8. The number of carbonyl (C=O) groups excluding carboxylic acids is 2. The molecule has 0 fully saturated rings. The van der Waals surface area contributed by atoms with Crippen LogP contribution in [0.15, 0.2) is 84.9 Å². The second-order valence-electron chi connectivity index (χ2n) is 10.4. The highest BCUT2D eigenvalue weighted by molar-refractivity contribution is 5.99. The zero-order valence-corrected chi connectivity index (χ0v) is 22.6. The van der Waals surface area contributed by atoms with E-state index in [0.717, 1.165) is 16.7 Å². The summed E-state index contributed by atoms with van der Waals surface area (Å²) in [5.74, 6) is -4.20. The lowest BCUT2D eigenvalue weighted by Crippen LogP contribution is -2.43. The molecule has 0 aromatic heterocycles. The fourth-order valence-corrected chi connectivity index (χ4v) is 4.56. The summed E-state index contributed by atoms with van der Waals surface area (Å²) in [7, 11) is 0. The Morgan fingerprint density at radius 3 is 1.89 bits per heavy atom. The number of rotatable bonds is 11. The van der Waals surface area contributed by atoms with Crippen molar-refractivity contribution in [3.63, 3.8) is 0 Å². The van der Waals surface area contributed by atoms with Gasteiger partial charge in [0.25, 0.3) is 0 Å². The average Bonchev–Trinajstić information content (AvgIpc) is 2.89. The first kappa shape index (κ1) is 28.6. The number of carbonyl (C=O) groups is 3. The zero-order valence-electron chi connectivity index (χ0n) is 22.6. The quantitative estimate of drug-likeness (QED) is 0.299. The van der Waals surface area contributed by atoms with Crippen LogP contribution in [-0.2, 0) is 25.5 Å². The van der Waals surface area contributed by atoms with Crippen LogP contribution < -0.4 is 4.90 Å². The first-order valence-corrected chi connectivity index (χ1v) is 13.0. The van der Waals surface area contributed by atoms with Crippen LogP contribution in [0, 0.1) is 11.8 Å². The molecule has 3 rings (SSSR count). The number of esters is 1. The van der Waals surface area contributed by atoms with E-state index >= 15 is 0 Å². The average molecular weight is 516 g/mol. The van der Waals surface area contributed by atoms with Gasteiger partial charge in [0, 0.05) is 12.2 Å². The molecule has 0 saturated carbocycles. The fourth-order valence-electron chi connectivity index (χ4n) is 4.56. The van der Waals surface area contributed by atoms with E-state index in [-0.39, 0.29) is 12.8 Å². The number of amides is 1. The molecule has 3 aromatic rings. The Bertz CT molecular complexity index is 1200. The van der Waals surface area contributed by atoms with Crippen molar-refractivity contribution in [1.82, 2.24) is 0 Å². The van der Waals surface area contributed by atoms with Crippen molar-refractivity contribution < 1.29 is 24.2 Å². The van der Waals surface area contributed by atoms with Gasteiger partial charge in [0.1, 0.15) is 5.60 Å². The summed E-state index contributed by atoms with van der Waals surface area (Å²) in [6.45, 7) is 7.42. The fraction of sp³-hybridized carbons (Fsp3) is 0.344. The number of benzene rings is 3. The third-order valence-electron chi connectivity index (χ3n) is 6.38. The van der Waals surface area contributed by atoms with Crippen molar-refractivity contribution >= 4 is 23.5 Å². The van der Waals surface area contributed by atoms with Gasteiger partial charge in [-0.15, -0.1) is 0 Å². The Hall–Kier alpha value is -3.93. The molecule has 2 atom stereocenters. The summed E-state index contributed by atoms with van der Waals surface area (Å²) < 4.78 is 5.49. The molecule has 1 amide bonds. The molecule has 2 unspecified atom stereocenters. The van der Waals surface area contributed by atoms with Gasteiger partial charge in [-0.1, -0.05) is 72.8 Å². The van der Waals surface area contributed by atoms with Crippen molar-refractivity contribution in [2.45, 2.75) is 52.6 Å². The minimum absolute atomic E-state index is 0.225. The van der Waals surface area contributed by atoms with Crippen LogP contribution in [0.5, 0.6) is 0 Å². The topological polar surface area (TPSA) is 83.9 Å². The van der Waals surface area contributed by atoms with E-state index in [2.05, 4.69) is 0 Å². The summed E-state index contributed by atoms with van der Waals surface area (Å²) >= 11 is 0. The van der Waals surface area contributed by atoms with Gasteiger partial charge >= 0.3 is 11.9 Å². The molecule has 0 radical (unpaired) electrons. The molecule has 0 aliphatic carbocycles. The first-order valence-electron chi connectivity index (χ1n) is 13.0. The lowest BCUT2D eigenvalue weighted by molar-refractivity contribution is -0.159. The maximum atomic E-state index is 13.9. The maximum Gasteiger partial charge on any atom is 0.307 e. The Labute approximate surface area is 225 Å². The predicted molar refractivity (Wildman–Crippen MR) is 150 cm³/mol. The van der Waals surface area contributed by atoms with Crippen molar-refractivity contribution in [1.29, 1.82) is 0 Å². The van der Waals surface area contributed by atoms with Crippen LogP contribution in [0.2, 0.25) is 0 Å². The lowest BCUT2D eigenvalue weighted by atomic mass is 9.83. The third-order valence-corrected chi connectivity index (χ3v) is 6.38. The second kappa shape index (κ2) is 13.0. The van der Waals surface area contributed by atoms with Crippen LogP contribution in [-0.4, -0.2) is 35.1 Å². The summed E-state index contributed by atoms with van der Waals surface area (Å²) in [5.41, 5.74) is 2.95. The van der Waals surface area contributed by atoms with Crippen LogP contribution in [0.3, 0.4) is 0 Å². The number of hydrogen-bond donors (Lipinski definition) is 1. The molecule has 200 valence electrons. The van der Waals surface area contributed by atoms with Gasteiger partial charge in [0.2, 0.25) is 5.91 Å². The minimum atomic E-state index is -1.10. The molecule has 3 aromatic carbocycles. The predicted octanol–water partition coefficient (Wildman–Crippen LogP) is 6.39. The molecule has 38 heavy (non-hydrogen) atoms. The smallest absolute Gasteiger partial charge is 0.307 e. The van der Waals surface area contributed by atoms with E-state index in [1.807, 2.05) is 91.9 Å². The molecule has 6 heteroatoms. The highest BCUT2D eigenvalue weighted by Crippen LogP contribution is 2.30. The second-order valence-corrected chi connectivity index (χ2v) is 10.4. The molecular formula is C32H37NO5. The molecule has 6 nitrogen and oxygen atoms in total. The van der Waals surface area contributed by atoms with Crippen LogP contribution in [0.4, 0.5) is 5.69 Å². The highest BCUT2D eigenvalue weighted by atomic mass is 16.6. The van der Waals surface area contributed by atoms with E-state index in [1.165, 1.54) is 0 Å². The van der Waals surface area contributed by atoms with Gasteiger partial charge in [-0.3, -0.25) is 14.4 Å². The van der Waals surface area contributed by atoms with Gasteiger partial charge in [-0.2, -0.15) is 0 Å². The Balaban J connectivity index is 1.90. The van der Waals surface area contributed by atoms with E-state index in [9.17, 15) is 19.5 Å². The molecule has 0 bridgehead atoms. The van der Waals surface area contributed by atoms with E-state index in [4.69, 9.17) is 4.74 Å². The monoisotopic (exact) mass is 515 g/mol. The maximum absolute atomic E-state index is 13.9. The van der Waals surface area contributed by atoms with Gasteiger partial charge in [0.15, 0.2) is 0 Å². The number of nitrogens with zero attached hydrogens (tertiary/aromatic N) is 1. The number of carboxylic acids is 1. The molecule has 0 saturated heterocycles. The lowest BCUT2D eigenvalue weighted by Gasteiger charge is -2.30. The Morgan fingerprint density at radius 1 is 0.816 bits per heavy atom. The van der Waals surface area contributed by atoms with Crippen LogP contribution in [0.1, 0.15) is 46.1 Å². The van der Waals surface area contributed by atoms with Gasteiger partial charge in [-0.05, 0) is 69.4 Å². The van der Waals surface area contributed by atoms with E-state index in [1.54, 1.807) is 25.7 Å². The van der Waals surface area contributed by atoms with Crippen LogP contribution >= 0.6 is 0 Å². The number of ether oxygens (including phenoxy) is 1. The largest absolute Gasteiger partial charge is 0.481 e. The minimum Gasteiger partial charge on any atom is -0.481 e. The zero-order chi connectivity index (χ0) is 27.7. The van der Waals surface area contributed by atoms with Crippen molar-refractivity contribution in [2.75, 3.05) is 11.4 Å². The summed E-state index contributed by atoms with van der Waals surface area (Å²) in [4.78, 5) is 40.8. The van der Waals surface area contributed by atoms with Gasteiger partial charge in [0.05, 0.1) is 18.3 Å². The van der Waals surface area contributed by atoms with E-state index < -0.39 is 35.3 Å². The van der Waals surface area contributed by atoms with Crippen molar-refractivity contribution in [2.24, 2.45) is 11.8 Å². The highest BCUT2D eigenvalue weighted by Gasteiger charge is 2.38. The number of aryl methyl sites for hydroxylation is 1. The van der Waals surface area contributed by atoms with E-state index in [0.29, 0.717) is 18.7 Å². The standard InChI is InChI=1S/C32H37NO5/c1-5-33(26-19-17-25(18-20-26)24-14-10-7-11-15-24)30(35)28(22-29(34)38-32(2,3)4)27(31(36)37)21-16-23-12-8-6-9-13-23/h6-15,17-20,27-28H,5,16,21-22H2,1-4H3,(H,36,37). The van der Waals surface area contributed by atoms with Crippen molar-refractivity contribution in [3.05, 3.63) is 90.5 Å². The summed E-state index contributed by atoms with van der Waals surface area (Å²) in [5, 5.41) is 10.2. The number of aliphatic carboxylic acids is 1. The summed E-state index contributed by atoms with van der Waals surface area (Å²) in [6, 6.07) is 27.0. The molecule has 0 aliphatic heterocycles. The molecule has 0 aliphatic rings. The molecule has 0 heterocycles. The Morgan fingerprint density at radius 2 is 1.37 bits per heavy atom. The third kappa shape index (κ3) is 8.04. The number of hydrogen-bond acceptors (Lipinski definition) is 4. The SMILES string of the molecule is CCN(C(=O)C(CC(=O)OC(C)(C)C)C(CCc1ccccc1)C(=O)O)c1ccc(-c2ccccc2)cc1. The van der Waals surface area contributed by atoms with Gasteiger partial charge in [-0.25, -0.2) is 0 Å². The van der Waals surface area contributed by atoms with Crippen LogP contribution in [0.25, 0.3) is 11.1 Å². The molecular weight excluding hydrogens is 478 g/mol. The number of anilines is 1.